The molecule has 1 heterocycles. The van der Waals surface area contributed by atoms with Crippen molar-refractivity contribution in [1.82, 2.24) is 10.2 Å². The van der Waals surface area contributed by atoms with Gasteiger partial charge in [-0.1, -0.05) is 25.1 Å². The number of carbonyl (C=O) groups is 1. The lowest BCUT2D eigenvalue weighted by Gasteiger charge is -2.23. The summed E-state index contributed by atoms with van der Waals surface area (Å²) < 4.78 is 25.1. The zero-order chi connectivity index (χ0) is 19.9. The Balaban J connectivity index is 1.57. The van der Waals surface area contributed by atoms with Gasteiger partial charge < -0.3 is 14.8 Å². The summed E-state index contributed by atoms with van der Waals surface area (Å²) in [5.74, 6) is 1.16. The minimum Gasteiger partial charge on any atom is -0.497 e. The second kappa shape index (κ2) is 9.55. The number of fused-ring (bicyclic) bond motifs is 1. The molecule has 2 aromatic carbocycles. The van der Waals surface area contributed by atoms with E-state index in [-0.39, 0.29) is 24.2 Å². The lowest BCUT2D eigenvalue weighted by Crippen LogP contribution is -2.38. The number of hydrogen-bond acceptors (Lipinski definition) is 4. The van der Waals surface area contributed by atoms with E-state index in [1.165, 1.54) is 6.07 Å². The number of nitrogens with zero attached hydrogens (tertiary/aromatic N) is 1. The minimum atomic E-state index is -0.348. The molecular weight excluding hydrogens is 359 g/mol. The topological polar surface area (TPSA) is 50.8 Å². The second-order valence-corrected chi connectivity index (χ2v) is 6.98. The molecule has 0 spiro atoms. The number of nitrogens with one attached hydrogen (secondary N) is 1. The van der Waals surface area contributed by atoms with Crippen LogP contribution in [0.15, 0.2) is 42.5 Å². The van der Waals surface area contributed by atoms with Crippen LogP contribution >= 0.6 is 0 Å². The van der Waals surface area contributed by atoms with Crippen LogP contribution in [0.3, 0.4) is 0 Å². The first-order valence-corrected chi connectivity index (χ1v) is 9.65. The predicted octanol–water partition coefficient (Wildman–Crippen LogP) is 3.17. The Labute approximate surface area is 165 Å². The number of ether oxygens (including phenoxy) is 2. The highest BCUT2D eigenvalue weighted by atomic mass is 19.1. The third-order valence-corrected chi connectivity index (χ3v) is 4.93. The van der Waals surface area contributed by atoms with Gasteiger partial charge >= 0.3 is 0 Å². The zero-order valence-corrected chi connectivity index (χ0v) is 16.4. The Hall–Kier alpha value is -2.60. The van der Waals surface area contributed by atoms with Gasteiger partial charge in [0.05, 0.1) is 13.5 Å². The van der Waals surface area contributed by atoms with Gasteiger partial charge in [0.15, 0.2) is 0 Å². The van der Waals surface area contributed by atoms with Crippen molar-refractivity contribution >= 4 is 5.91 Å². The van der Waals surface area contributed by atoms with Crippen molar-refractivity contribution in [2.75, 3.05) is 26.7 Å². The van der Waals surface area contributed by atoms with Gasteiger partial charge in [0.1, 0.15) is 23.4 Å². The number of halogens is 1. The monoisotopic (exact) mass is 386 g/mol. The average Bonchev–Trinajstić information content (AvgIpc) is 2.87. The fraction of sp³-hybridized carbons (Fsp3) is 0.409. The summed E-state index contributed by atoms with van der Waals surface area (Å²) in [7, 11) is 1.65. The maximum Gasteiger partial charge on any atom is 0.224 e. The molecule has 0 saturated heterocycles. The molecule has 2 aromatic rings. The van der Waals surface area contributed by atoms with Gasteiger partial charge in [0, 0.05) is 31.7 Å². The van der Waals surface area contributed by atoms with Crippen LogP contribution in [0.5, 0.6) is 11.5 Å². The lowest BCUT2D eigenvalue weighted by molar-refractivity contribution is -0.120. The summed E-state index contributed by atoms with van der Waals surface area (Å²) in [6.07, 6.45) is 1.05. The summed E-state index contributed by atoms with van der Waals surface area (Å²) in [6.45, 7) is 4.82. The zero-order valence-electron chi connectivity index (χ0n) is 16.4. The molecule has 1 atom stereocenters. The van der Waals surface area contributed by atoms with E-state index < -0.39 is 0 Å². The molecule has 0 aliphatic carbocycles. The van der Waals surface area contributed by atoms with E-state index in [1.807, 2.05) is 18.2 Å². The van der Waals surface area contributed by atoms with E-state index in [4.69, 9.17) is 9.47 Å². The molecule has 0 bridgehead atoms. The molecule has 1 aliphatic heterocycles. The smallest absolute Gasteiger partial charge is 0.224 e. The van der Waals surface area contributed by atoms with Crippen molar-refractivity contribution < 1.29 is 18.7 Å². The summed E-state index contributed by atoms with van der Waals surface area (Å²) in [6, 6.07) is 12.2. The summed E-state index contributed by atoms with van der Waals surface area (Å²) in [5.41, 5.74) is 1.49. The van der Waals surface area contributed by atoms with E-state index in [2.05, 4.69) is 17.1 Å². The van der Waals surface area contributed by atoms with E-state index in [9.17, 15) is 9.18 Å². The normalized spacial score (nSPS) is 16.6. The van der Waals surface area contributed by atoms with Crippen molar-refractivity contribution in [3.05, 3.63) is 59.4 Å². The van der Waals surface area contributed by atoms with Gasteiger partial charge in [0.25, 0.3) is 0 Å². The third-order valence-electron chi connectivity index (χ3n) is 4.93. The van der Waals surface area contributed by atoms with Gasteiger partial charge in [-0.05, 0) is 36.2 Å². The van der Waals surface area contributed by atoms with Crippen molar-refractivity contribution in [1.29, 1.82) is 0 Å². The molecule has 6 heteroatoms. The van der Waals surface area contributed by atoms with Gasteiger partial charge in [-0.3, -0.25) is 9.69 Å². The molecule has 1 aliphatic rings. The summed E-state index contributed by atoms with van der Waals surface area (Å²) in [4.78, 5) is 14.4. The van der Waals surface area contributed by atoms with E-state index in [0.717, 1.165) is 36.6 Å². The van der Waals surface area contributed by atoms with E-state index in [1.54, 1.807) is 25.3 Å². The van der Waals surface area contributed by atoms with Crippen LogP contribution in [-0.2, 0) is 17.8 Å². The highest BCUT2D eigenvalue weighted by molar-refractivity contribution is 5.78. The molecule has 1 amide bonds. The SMILES string of the molecule is CC[C@@H]1CN(CCNC(=O)Cc2ccccc2F)Cc2cc(OC)ccc2O1. The van der Waals surface area contributed by atoms with Crippen LogP contribution < -0.4 is 14.8 Å². The molecule has 0 unspecified atom stereocenters. The number of methoxy groups -OCH3 is 1. The Bertz CT molecular complexity index is 812. The van der Waals surface area contributed by atoms with Crippen LogP contribution in [0.25, 0.3) is 0 Å². The molecule has 0 saturated carbocycles. The first kappa shape index (κ1) is 20.1. The molecule has 0 fully saturated rings. The quantitative estimate of drug-likeness (QED) is 0.794. The Kier molecular flexibility index (Phi) is 6.87. The fourth-order valence-electron chi connectivity index (χ4n) is 3.35. The van der Waals surface area contributed by atoms with E-state index in [0.29, 0.717) is 18.7 Å². The van der Waals surface area contributed by atoms with Gasteiger partial charge in [-0.15, -0.1) is 0 Å². The van der Waals surface area contributed by atoms with Gasteiger partial charge in [-0.2, -0.15) is 0 Å². The third kappa shape index (κ3) is 5.23. The number of rotatable bonds is 7. The van der Waals surface area contributed by atoms with E-state index >= 15 is 0 Å². The first-order valence-electron chi connectivity index (χ1n) is 9.65. The highest BCUT2D eigenvalue weighted by Crippen LogP contribution is 2.29. The number of carbonyl (C=O) groups excluding carboxylic acids is 1. The van der Waals surface area contributed by atoms with Crippen molar-refractivity contribution in [2.45, 2.75) is 32.4 Å². The molecule has 0 radical (unpaired) electrons. The maximum atomic E-state index is 13.7. The first-order chi connectivity index (χ1) is 13.6. The van der Waals surface area contributed by atoms with Gasteiger partial charge in [0.2, 0.25) is 5.91 Å². The van der Waals surface area contributed by atoms with Crippen LogP contribution in [0, 0.1) is 5.82 Å². The highest BCUT2D eigenvalue weighted by Gasteiger charge is 2.22. The average molecular weight is 386 g/mol. The molecule has 1 N–H and O–H groups in total. The Morgan fingerprint density at radius 1 is 1.32 bits per heavy atom. The lowest BCUT2D eigenvalue weighted by atomic mass is 10.1. The van der Waals surface area contributed by atoms with Crippen LogP contribution in [0.4, 0.5) is 4.39 Å². The fourth-order valence-corrected chi connectivity index (χ4v) is 3.35. The second-order valence-electron chi connectivity index (χ2n) is 6.98. The molecular formula is C22H27FN2O3. The predicted molar refractivity (Wildman–Crippen MR) is 106 cm³/mol. The largest absolute Gasteiger partial charge is 0.497 e. The molecule has 150 valence electrons. The summed E-state index contributed by atoms with van der Waals surface area (Å²) >= 11 is 0. The number of benzene rings is 2. The van der Waals surface area contributed by atoms with Crippen LogP contribution in [0.1, 0.15) is 24.5 Å². The van der Waals surface area contributed by atoms with Crippen molar-refractivity contribution in [2.24, 2.45) is 0 Å². The Morgan fingerprint density at radius 3 is 2.89 bits per heavy atom. The maximum absolute atomic E-state index is 13.7. The molecule has 0 aromatic heterocycles. The van der Waals surface area contributed by atoms with Crippen LogP contribution in [0.2, 0.25) is 0 Å². The van der Waals surface area contributed by atoms with Crippen molar-refractivity contribution in [3.63, 3.8) is 0 Å². The Morgan fingerprint density at radius 2 is 2.14 bits per heavy atom. The minimum absolute atomic E-state index is 0.0490. The molecule has 3 rings (SSSR count). The summed E-state index contributed by atoms with van der Waals surface area (Å²) in [5, 5.41) is 2.89. The number of hydrogen-bond donors (Lipinski definition) is 1. The van der Waals surface area contributed by atoms with Crippen molar-refractivity contribution in [3.8, 4) is 11.5 Å². The number of amides is 1. The van der Waals surface area contributed by atoms with Crippen LogP contribution in [-0.4, -0.2) is 43.7 Å². The molecule has 28 heavy (non-hydrogen) atoms. The van der Waals surface area contributed by atoms with Gasteiger partial charge in [-0.25, -0.2) is 4.39 Å². The standard InChI is InChI=1S/C22H27FN2O3/c1-3-18-15-25(14-17-12-19(27-2)8-9-21(17)28-18)11-10-24-22(26)13-16-6-4-5-7-20(16)23/h4-9,12,18H,3,10-11,13-15H2,1-2H3,(H,24,26)/t18-/m1/s1. The molecule has 5 nitrogen and oxygen atoms in total.